The second-order valence-electron chi connectivity index (χ2n) is 4.29. The molecule has 0 saturated carbocycles. The molecule has 0 unspecified atom stereocenters. The van der Waals surface area contributed by atoms with Gasteiger partial charge in [-0.3, -0.25) is 0 Å². The van der Waals surface area contributed by atoms with E-state index < -0.39 is 0 Å². The molecule has 0 bridgehead atoms. The van der Waals surface area contributed by atoms with Crippen molar-refractivity contribution >= 4 is 17.6 Å². The number of rotatable bonds is 6. The molecule has 0 fully saturated rings. The molecule has 0 saturated heterocycles. The summed E-state index contributed by atoms with van der Waals surface area (Å²) in [5.41, 5.74) is 2.74. The standard InChI is InChI=1S/C15H19ClO2/c1-13(12-16)8-5-3-2-4-6-9-14-10-7-11-15(17)18-14/h2-5,7,11-12,14H,6,8-10H2,1H3/b4-2+,5-3+,13-12+/t14-/m1/s1. The van der Waals surface area contributed by atoms with Gasteiger partial charge in [0.25, 0.3) is 0 Å². The fourth-order valence-corrected chi connectivity index (χ4v) is 1.67. The van der Waals surface area contributed by atoms with Crippen LogP contribution in [-0.2, 0) is 9.53 Å². The first-order valence-electron chi connectivity index (χ1n) is 6.17. The topological polar surface area (TPSA) is 26.3 Å². The third-order valence-electron chi connectivity index (χ3n) is 2.60. The van der Waals surface area contributed by atoms with Gasteiger partial charge in [-0.2, -0.15) is 0 Å². The van der Waals surface area contributed by atoms with Crippen molar-refractivity contribution < 1.29 is 9.53 Å². The summed E-state index contributed by atoms with van der Waals surface area (Å²) in [6, 6.07) is 0. The lowest BCUT2D eigenvalue weighted by Gasteiger charge is -2.17. The number of hydrogen-bond acceptors (Lipinski definition) is 2. The maximum absolute atomic E-state index is 11.0. The van der Waals surface area contributed by atoms with Gasteiger partial charge in [0.1, 0.15) is 6.10 Å². The van der Waals surface area contributed by atoms with Crippen LogP contribution >= 0.6 is 11.6 Å². The van der Waals surface area contributed by atoms with Crippen LogP contribution in [-0.4, -0.2) is 12.1 Å². The first-order valence-corrected chi connectivity index (χ1v) is 6.60. The van der Waals surface area contributed by atoms with Crippen LogP contribution in [0.3, 0.4) is 0 Å². The minimum absolute atomic E-state index is 0.0394. The zero-order chi connectivity index (χ0) is 13.2. The van der Waals surface area contributed by atoms with E-state index >= 15 is 0 Å². The van der Waals surface area contributed by atoms with Crippen LogP contribution in [0.1, 0.15) is 32.6 Å². The Morgan fingerprint density at radius 1 is 1.50 bits per heavy atom. The first kappa shape index (κ1) is 14.8. The van der Waals surface area contributed by atoms with Gasteiger partial charge in [-0.1, -0.05) is 47.6 Å². The molecule has 0 amide bonds. The number of carbonyl (C=O) groups is 1. The van der Waals surface area contributed by atoms with Crippen LogP contribution in [0.2, 0.25) is 0 Å². The summed E-state index contributed by atoms with van der Waals surface area (Å²) in [5.74, 6) is -0.224. The van der Waals surface area contributed by atoms with Gasteiger partial charge >= 0.3 is 5.97 Å². The Morgan fingerprint density at radius 3 is 3.00 bits per heavy atom. The van der Waals surface area contributed by atoms with Crippen molar-refractivity contribution in [1.29, 1.82) is 0 Å². The summed E-state index contributed by atoms with van der Waals surface area (Å²) in [5, 5.41) is 0. The molecule has 3 heteroatoms. The number of halogens is 1. The molecule has 0 spiro atoms. The van der Waals surface area contributed by atoms with Crippen LogP contribution in [0.15, 0.2) is 47.6 Å². The molecule has 0 aromatic rings. The zero-order valence-electron chi connectivity index (χ0n) is 10.6. The lowest BCUT2D eigenvalue weighted by molar-refractivity contribution is -0.144. The Bertz CT molecular complexity index is 378. The van der Waals surface area contributed by atoms with E-state index in [1.54, 1.807) is 5.54 Å². The van der Waals surface area contributed by atoms with Crippen molar-refractivity contribution in [3.63, 3.8) is 0 Å². The molecular formula is C15H19ClO2. The second-order valence-corrected chi connectivity index (χ2v) is 4.51. The molecule has 1 rings (SSSR count). The van der Waals surface area contributed by atoms with E-state index in [-0.39, 0.29) is 12.1 Å². The van der Waals surface area contributed by atoms with E-state index in [1.807, 2.05) is 25.2 Å². The maximum atomic E-state index is 11.0. The van der Waals surface area contributed by atoms with Gasteiger partial charge in [0.05, 0.1) is 0 Å². The number of esters is 1. The molecule has 0 N–H and O–H groups in total. The smallest absolute Gasteiger partial charge is 0.330 e. The lowest BCUT2D eigenvalue weighted by Crippen LogP contribution is -2.19. The minimum atomic E-state index is -0.224. The molecule has 98 valence electrons. The number of allylic oxidation sites excluding steroid dienone is 5. The summed E-state index contributed by atoms with van der Waals surface area (Å²) < 4.78 is 5.16. The van der Waals surface area contributed by atoms with Crippen molar-refractivity contribution in [3.05, 3.63) is 47.6 Å². The third-order valence-corrected chi connectivity index (χ3v) is 2.97. The van der Waals surface area contributed by atoms with E-state index in [1.165, 1.54) is 6.08 Å². The van der Waals surface area contributed by atoms with Gasteiger partial charge in [0.2, 0.25) is 0 Å². The summed E-state index contributed by atoms with van der Waals surface area (Å²) in [7, 11) is 0. The highest BCUT2D eigenvalue weighted by Crippen LogP contribution is 2.13. The number of carbonyl (C=O) groups excluding carboxylic acids is 1. The van der Waals surface area contributed by atoms with E-state index in [0.717, 1.165) is 31.3 Å². The van der Waals surface area contributed by atoms with Gasteiger partial charge in [0, 0.05) is 18.0 Å². The Labute approximate surface area is 114 Å². The Kier molecular flexibility index (Phi) is 7.19. The second kappa shape index (κ2) is 8.76. The average Bonchev–Trinajstić information content (AvgIpc) is 2.37. The van der Waals surface area contributed by atoms with Crippen molar-refractivity contribution in [1.82, 2.24) is 0 Å². The first-order chi connectivity index (χ1) is 8.72. The van der Waals surface area contributed by atoms with Gasteiger partial charge in [-0.05, 0) is 26.2 Å². The van der Waals surface area contributed by atoms with E-state index in [0.29, 0.717) is 0 Å². The quantitative estimate of drug-likeness (QED) is 0.530. The molecule has 1 aliphatic heterocycles. The fraction of sp³-hybridized carbons (Fsp3) is 0.400. The highest BCUT2D eigenvalue weighted by atomic mass is 35.5. The lowest BCUT2D eigenvalue weighted by atomic mass is 10.1. The molecule has 0 radical (unpaired) electrons. The fourth-order valence-electron chi connectivity index (χ4n) is 1.58. The van der Waals surface area contributed by atoms with Crippen LogP contribution in [0.25, 0.3) is 0 Å². The molecular weight excluding hydrogens is 248 g/mol. The summed E-state index contributed by atoms with van der Waals surface area (Å²) in [6.45, 7) is 1.99. The summed E-state index contributed by atoms with van der Waals surface area (Å²) >= 11 is 5.55. The molecule has 0 aliphatic carbocycles. The summed E-state index contributed by atoms with van der Waals surface area (Å²) in [6.07, 6.45) is 15.1. The van der Waals surface area contributed by atoms with Crippen LogP contribution in [0, 0.1) is 0 Å². The molecule has 18 heavy (non-hydrogen) atoms. The predicted octanol–water partition coefficient (Wildman–Crippen LogP) is 4.28. The highest BCUT2D eigenvalue weighted by molar-refractivity contribution is 6.25. The Morgan fingerprint density at radius 2 is 2.28 bits per heavy atom. The largest absolute Gasteiger partial charge is 0.459 e. The van der Waals surface area contributed by atoms with E-state index in [4.69, 9.17) is 16.3 Å². The third kappa shape index (κ3) is 6.45. The molecule has 1 aliphatic rings. The summed E-state index contributed by atoms with van der Waals surface area (Å²) in [4.78, 5) is 11.0. The Hall–Kier alpha value is -1.28. The van der Waals surface area contributed by atoms with Crippen molar-refractivity contribution in [2.75, 3.05) is 0 Å². The zero-order valence-corrected chi connectivity index (χ0v) is 11.4. The number of cyclic esters (lactones) is 1. The van der Waals surface area contributed by atoms with Crippen molar-refractivity contribution in [3.8, 4) is 0 Å². The van der Waals surface area contributed by atoms with Gasteiger partial charge in [-0.15, -0.1) is 0 Å². The minimum Gasteiger partial charge on any atom is -0.459 e. The van der Waals surface area contributed by atoms with Crippen molar-refractivity contribution in [2.24, 2.45) is 0 Å². The van der Waals surface area contributed by atoms with Gasteiger partial charge in [-0.25, -0.2) is 4.79 Å². The van der Waals surface area contributed by atoms with Crippen LogP contribution < -0.4 is 0 Å². The monoisotopic (exact) mass is 266 g/mol. The van der Waals surface area contributed by atoms with Crippen molar-refractivity contribution in [2.45, 2.75) is 38.7 Å². The number of hydrogen-bond donors (Lipinski definition) is 0. The number of ether oxygens (including phenoxy) is 1. The van der Waals surface area contributed by atoms with Gasteiger partial charge < -0.3 is 4.74 Å². The SMILES string of the molecule is C/C(=C\Cl)C/C=C/C=C/CC[C@@H]1CC=CC(=O)O1. The molecule has 0 aromatic heterocycles. The van der Waals surface area contributed by atoms with E-state index in [2.05, 4.69) is 12.2 Å². The Balaban J connectivity index is 2.14. The van der Waals surface area contributed by atoms with Gasteiger partial charge in [0.15, 0.2) is 0 Å². The van der Waals surface area contributed by atoms with Crippen LogP contribution in [0.5, 0.6) is 0 Å². The maximum Gasteiger partial charge on any atom is 0.330 e. The molecule has 1 atom stereocenters. The molecule has 1 heterocycles. The molecule has 2 nitrogen and oxygen atoms in total. The molecule has 0 aromatic carbocycles. The predicted molar refractivity (Wildman–Crippen MR) is 75.4 cm³/mol. The normalized spacial score (nSPS) is 20.9. The van der Waals surface area contributed by atoms with E-state index in [9.17, 15) is 4.79 Å². The average molecular weight is 267 g/mol. The van der Waals surface area contributed by atoms with Crippen LogP contribution in [0.4, 0.5) is 0 Å². The highest BCUT2D eigenvalue weighted by Gasteiger charge is 2.14.